The van der Waals surface area contributed by atoms with Gasteiger partial charge in [0.25, 0.3) is 5.69 Å². The maximum Gasteiger partial charge on any atom is 0.407 e. The SMILES string of the molecule is CC(=O)O[C@H]1CN(C(=O)O)CC[C@@H]1Nc1cc(F)ccc1[N+](=O)[O-]. The molecule has 0 bridgehead atoms. The lowest BCUT2D eigenvalue weighted by molar-refractivity contribution is -0.384. The Kier molecular flexibility index (Phi) is 5.17. The number of nitro benzene ring substituents is 1. The third-order valence-corrected chi connectivity index (χ3v) is 3.64. The molecule has 0 radical (unpaired) electrons. The van der Waals surface area contributed by atoms with Gasteiger partial charge < -0.3 is 20.1 Å². The lowest BCUT2D eigenvalue weighted by Crippen LogP contribution is -2.53. The minimum atomic E-state index is -1.15. The number of halogens is 1. The van der Waals surface area contributed by atoms with Gasteiger partial charge in [-0.2, -0.15) is 0 Å². The second-order valence-electron chi connectivity index (χ2n) is 5.33. The monoisotopic (exact) mass is 341 g/mol. The first-order valence-corrected chi connectivity index (χ1v) is 7.13. The normalized spacial score (nSPS) is 20.3. The number of piperidine rings is 1. The zero-order chi connectivity index (χ0) is 17.9. The lowest BCUT2D eigenvalue weighted by atomic mass is 10.0. The number of carboxylic acid groups (broad SMARTS) is 1. The van der Waals surface area contributed by atoms with Crippen molar-refractivity contribution in [1.82, 2.24) is 4.90 Å². The predicted octanol–water partition coefficient (Wildman–Crippen LogP) is 1.83. The van der Waals surface area contributed by atoms with E-state index >= 15 is 0 Å². The summed E-state index contributed by atoms with van der Waals surface area (Å²) in [6.45, 7) is 1.27. The van der Waals surface area contributed by atoms with Crippen LogP contribution < -0.4 is 5.32 Å². The smallest absolute Gasteiger partial charge is 0.407 e. The molecule has 9 nitrogen and oxygen atoms in total. The molecule has 0 aromatic heterocycles. The van der Waals surface area contributed by atoms with Crippen molar-refractivity contribution in [2.45, 2.75) is 25.5 Å². The molecule has 2 N–H and O–H groups in total. The average Bonchev–Trinajstić information content (AvgIpc) is 2.48. The number of amides is 1. The number of nitrogens with one attached hydrogen (secondary N) is 1. The van der Waals surface area contributed by atoms with Crippen LogP contribution in [0.4, 0.5) is 20.6 Å². The van der Waals surface area contributed by atoms with Gasteiger partial charge >= 0.3 is 12.1 Å². The van der Waals surface area contributed by atoms with E-state index in [9.17, 15) is 24.1 Å². The van der Waals surface area contributed by atoms with E-state index < -0.39 is 34.9 Å². The van der Waals surface area contributed by atoms with Crippen molar-refractivity contribution < 1.29 is 28.7 Å². The summed E-state index contributed by atoms with van der Waals surface area (Å²) in [5, 5.41) is 22.9. The first-order chi connectivity index (χ1) is 11.3. The van der Waals surface area contributed by atoms with Crippen molar-refractivity contribution in [1.29, 1.82) is 0 Å². The van der Waals surface area contributed by atoms with E-state index in [4.69, 9.17) is 9.84 Å². The van der Waals surface area contributed by atoms with E-state index in [0.717, 1.165) is 23.1 Å². The highest BCUT2D eigenvalue weighted by Crippen LogP contribution is 2.28. The molecule has 1 amide bonds. The summed E-state index contributed by atoms with van der Waals surface area (Å²) in [5.41, 5.74) is -0.371. The molecule has 0 saturated carbocycles. The van der Waals surface area contributed by atoms with Gasteiger partial charge in [0.15, 0.2) is 0 Å². The van der Waals surface area contributed by atoms with E-state index in [0.29, 0.717) is 0 Å². The molecule has 0 unspecified atom stereocenters. The molecule has 1 aliphatic rings. The second kappa shape index (κ2) is 7.11. The van der Waals surface area contributed by atoms with Gasteiger partial charge in [-0.15, -0.1) is 0 Å². The fourth-order valence-corrected chi connectivity index (χ4v) is 2.57. The van der Waals surface area contributed by atoms with Gasteiger partial charge in [-0.25, -0.2) is 9.18 Å². The Labute approximate surface area is 136 Å². The molecule has 1 fully saturated rings. The van der Waals surface area contributed by atoms with Crippen molar-refractivity contribution in [3.05, 3.63) is 34.1 Å². The summed E-state index contributed by atoms with van der Waals surface area (Å²) in [5.74, 6) is -1.26. The molecular formula is C14H16FN3O6. The van der Waals surface area contributed by atoms with Gasteiger partial charge in [0, 0.05) is 25.6 Å². The first-order valence-electron chi connectivity index (χ1n) is 7.13. The van der Waals surface area contributed by atoms with E-state index in [1.54, 1.807) is 0 Å². The van der Waals surface area contributed by atoms with E-state index in [1.165, 1.54) is 6.92 Å². The summed E-state index contributed by atoms with van der Waals surface area (Å²) in [4.78, 5) is 33.8. The van der Waals surface area contributed by atoms with Crippen molar-refractivity contribution in [2.24, 2.45) is 0 Å². The number of hydrogen-bond donors (Lipinski definition) is 2. The Bertz CT molecular complexity index is 668. The van der Waals surface area contributed by atoms with Gasteiger partial charge in [-0.3, -0.25) is 14.9 Å². The summed E-state index contributed by atoms with van der Waals surface area (Å²) in [6.07, 6.45) is -1.74. The fraction of sp³-hybridized carbons (Fsp3) is 0.429. The third-order valence-electron chi connectivity index (χ3n) is 3.64. The topological polar surface area (TPSA) is 122 Å². The van der Waals surface area contributed by atoms with Crippen LogP contribution in [-0.2, 0) is 9.53 Å². The highest BCUT2D eigenvalue weighted by molar-refractivity contribution is 5.68. The van der Waals surface area contributed by atoms with Crippen LogP contribution in [0.2, 0.25) is 0 Å². The Morgan fingerprint density at radius 2 is 2.21 bits per heavy atom. The van der Waals surface area contributed by atoms with Crippen molar-refractivity contribution in [2.75, 3.05) is 18.4 Å². The van der Waals surface area contributed by atoms with Gasteiger partial charge in [0.1, 0.15) is 17.6 Å². The summed E-state index contributed by atoms with van der Waals surface area (Å²) < 4.78 is 18.5. The number of carbonyl (C=O) groups is 2. The van der Waals surface area contributed by atoms with E-state index in [-0.39, 0.29) is 30.9 Å². The molecule has 2 atom stereocenters. The number of nitrogens with zero attached hydrogens (tertiary/aromatic N) is 2. The van der Waals surface area contributed by atoms with Crippen LogP contribution in [0.3, 0.4) is 0 Å². The lowest BCUT2D eigenvalue weighted by Gasteiger charge is -2.37. The number of hydrogen-bond acceptors (Lipinski definition) is 6. The summed E-state index contributed by atoms with van der Waals surface area (Å²) in [7, 11) is 0. The highest BCUT2D eigenvalue weighted by Gasteiger charge is 2.34. The molecule has 2 rings (SSSR count). The van der Waals surface area contributed by atoms with Gasteiger partial charge in [0.2, 0.25) is 0 Å². The number of rotatable bonds is 4. The molecule has 0 spiro atoms. The van der Waals surface area contributed by atoms with E-state index in [2.05, 4.69) is 5.32 Å². The average molecular weight is 341 g/mol. The maximum atomic E-state index is 13.4. The number of esters is 1. The van der Waals surface area contributed by atoms with Crippen molar-refractivity contribution in [3.63, 3.8) is 0 Å². The molecular weight excluding hydrogens is 325 g/mol. The molecule has 10 heteroatoms. The Balaban J connectivity index is 2.23. The molecule has 1 aromatic rings. The molecule has 130 valence electrons. The Morgan fingerprint density at radius 3 is 2.79 bits per heavy atom. The van der Waals surface area contributed by atoms with E-state index in [1.807, 2.05) is 0 Å². The van der Waals surface area contributed by atoms with Crippen LogP contribution in [0.25, 0.3) is 0 Å². The van der Waals surface area contributed by atoms with Crippen LogP contribution >= 0.6 is 0 Å². The minimum Gasteiger partial charge on any atom is -0.465 e. The van der Waals surface area contributed by atoms with Crippen LogP contribution in [0, 0.1) is 15.9 Å². The largest absolute Gasteiger partial charge is 0.465 e. The molecule has 1 aromatic carbocycles. The zero-order valence-electron chi connectivity index (χ0n) is 12.8. The standard InChI is InChI=1S/C14H16FN3O6/c1-8(19)24-13-7-17(14(20)21)5-4-10(13)16-11-6-9(15)2-3-12(11)18(22)23/h2-3,6,10,13,16H,4-5,7H2,1H3,(H,20,21)/t10-,13-/m0/s1. The van der Waals surface area contributed by atoms with Crippen molar-refractivity contribution in [3.8, 4) is 0 Å². The number of nitro groups is 1. The number of carbonyl (C=O) groups excluding carboxylic acids is 1. The molecule has 0 aliphatic carbocycles. The van der Waals surface area contributed by atoms with Gasteiger partial charge in [-0.1, -0.05) is 0 Å². The molecule has 1 aliphatic heterocycles. The molecule has 24 heavy (non-hydrogen) atoms. The number of ether oxygens (including phenoxy) is 1. The van der Waals surface area contributed by atoms with Gasteiger partial charge in [-0.05, 0) is 12.5 Å². The Morgan fingerprint density at radius 1 is 1.50 bits per heavy atom. The fourth-order valence-electron chi connectivity index (χ4n) is 2.57. The van der Waals surface area contributed by atoms with Crippen LogP contribution in [0.5, 0.6) is 0 Å². The third kappa shape index (κ3) is 4.09. The number of benzene rings is 1. The van der Waals surface area contributed by atoms with Crippen LogP contribution in [0.1, 0.15) is 13.3 Å². The zero-order valence-corrected chi connectivity index (χ0v) is 12.8. The van der Waals surface area contributed by atoms with Gasteiger partial charge in [0.05, 0.1) is 17.5 Å². The summed E-state index contributed by atoms with van der Waals surface area (Å²) >= 11 is 0. The predicted molar refractivity (Wildman–Crippen MR) is 80.2 cm³/mol. The highest BCUT2D eigenvalue weighted by atomic mass is 19.1. The molecule has 1 heterocycles. The quantitative estimate of drug-likeness (QED) is 0.486. The van der Waals surface area contributed by atoms with Crippen LogP contribution in [0.15, 0.2) is 18.2 Å². The minimum absolute atomic E-state index is 0.0501. The maximum absolute atomic E-state index is 13.4. The molecule has 1 saturated heterocycles. The van der Waals surface area contributed by atoms with Crippen molar-refractivity contribution >= 4 is 23.4 Å². The number of likely N-dealkylation sites (tertiary alicyclic amines) is 1. The Hall–Kier alpha value is -2.91. The summed E-state index contributed by atoms with van der Waals surface area (Å²) in [6, 6.07) is 2.40. The first kappa shape index (κ1) is 17.4. The second-order valence-corrected chi connectivity index (χ2v) is 5.33. The van der Waals surface area contributed by atoms with Crippen LogP contribution in [-0.4, -0.2) is 52.2 Å². The number of anilines is 1.